The Morgan fingerprint density at radius 2 is 1.77 bits per heavy atom. The van der Waals surface area contributed by atoms with Crippen molar-refractivity contribution in [3.8, 4) is 11.1 Å². The van der Waals surface area contributed by atoms with Crippen molar-refractivity contribution < 1.29 is 14.0 Å². The Bertz CT molecular complexity index is 1140. The van der Waals surface area contributed by atoms with Crippen LogP contribution in [0, 0.1) is 17.2 Å². The number of likely N-dealkylation sites (tertiary alicyclic amines) is 1. The van der Waals surface area contributed by atoms with E-state index in [-0.39, 0.29) is 29.2 Å². The molecule has 2 aromatic rings. The number of rotatable bonds is 8. The van der Waals surface area contributed by atoms with Gasteiger partial charge in [0.1, 0.15) is 11.9 Å². The van der Waals surface area contributed by atoms with Gasteiger partial charge in [0, 0.05) is 36.0 Å². The number of amides is 2. The summed E-state index contributed by atoms with van der Waals surface area (Å²) in [5.41, 5.74) is 9.02. The van der Waals surface area contributed by atoms with Crippen molar-refractivity contribution >= 4 is 12.3 Å². The highest BCUT2D eigenvalue weighted by molar-refractivity contribution is 5.83. The van der Waals surface area contributed by atoms with Gasteiger partial charge in [0.25, 0.3) is 0 Å². The first-order valence-electron chi connectivity index (χ1n) is 13.8. The van der Waals surface area contributed by atoms with Crippen LogP contribution in [0.4, 0.5) is 4.39 Å². The molecule has 2 aliphatic rings. The molecule has 3 atom stereocenters. The van der Waals surface area contributed by atoms with Gasteiger partial charge in [-0.1, -0.05) is 63.2 Å². The lowest BCUT2D eigenvalue weighted by molar-refractivity contribution is -0.140. The number of nitrogens with one attached hydrogen (secondary N) is 1. The van der Waals surface area contributed by atoms with E-state index in [4.69, 9.17) is 11.6 Å². The summed E-state index contributed by atoms with van der Waals surface area (Å²) >= 11 is 0. The molecule has 212 valence electrons. The van der Waals surface area contributed by atoms with Crippen molar-refractivity contribution in [3.05, 3.63) is 71.8 Å². The van der Waals surface area contributed by atoms with Gasteiger partial charge in [0.05, 0.1) is 6.04 Å². The van der Waals surface area contributed by atoms with Crippen LogP contribution in [0.2, 0.25) is 0 Å². The number of hydrogen-bond acceptors (Lipinski definition) is 5. The molecule has 2 fully saturated rings. The van der Waals surface area contributed by atoms with Crippen molar-refractivity contribution in [1.29, 1.82) is 0 Å². The molecule has 1 heterocycles. The highest BCUT2D eigenvalue weighted by Crippen LogP contribution is 2.35. The number of carbonyl (C=O) groups is 2. The maximum absolute atomic E-state index is 13.6. The zero-order chi connectivity index (χ0) is 28.7. The molecule has 0 bridgehead atoms. The number of hydrazine groups is 1. The average Bonchev–Trinajstić information content (AvgIpc) is 3.65. The molecule has 3 unspecified atom stereocenters. The first-order chi connectivity index (χ1) is 18.4. The van der Waals surface area contributed by atoms with Crippen LogP contribution in [-0.2, 0) is 9.59 Å². The van der Waals surface area contributed by atoms with E-state index in [9.17, 15) is 14.0 Å². The lowest BCUT2D eigenvalue weighted by Gasteiger charge is -2.39. The van der Waals surface area contributed by atoms with Crippen molar-refractivity contribution in [3.63, 3.8) is 0 Å². The Morgan fingerprint density at radius 3 is 2.28 bits per heavy atom. The molecule has 0 radical (unpaired) electrons. The Balaban J connectivity index is 0.000000218. The molecule has 1 saturated carbocycles. The molecule has 2 aromatic carbocycles. The van der Waals surface area contributed by atoms with E-state index in [0.29, 0.717) is 23.9 Å². The number of allylic oxidation sites excluding steroid dienone is 1. The zero-order valence-electron chi connectivity index (χ0n) is 23.9. The summed E-state index contributed by atoms with van der Waals surface area (Å²) < 4.78 is 13.6. The lowest BCUT2D eigenvalue weighted by Crippen LogP contribution is -2.56. The van der Waals surface area contributed by atoms with Gasteiger partial charge in [-0.15, -0.1) is 0 Å². The largest absolute Gasteiger partial charge is 0.401 e. The van der Waals surface area contributed by atoms with Gasteiger partial charge in [0.2, 0.25) is 12.3 Å². The molecule has 0 aromatic heterocycles. The van der Waals surface area contributed by atoms with Crippen LogP contribution in [0.1, 0.15) is 71.9 Å². The van der Waals surface area contributed by atoms with E-state index >= 15 is 0 Å². The maximum atomic E-state index is 13.6. The minimum absolute atomic E-state index is 0.0443. The normalized spacial score (nSPS) is 19.0. The molecular formula is C31H44FN5O2. The summed E-state index contributed by atoms with van der Waals surface area (Å²) in [6.07, 6.45) is 6.87. The van der Waals surface area contributed by atoms with Gasteiger partial charge in [-0.05, 0) is 62.1 Å². The molecule has 7 nitrogen and oxygen atoms in total. The molecule has 1 saturated heterocycles. The number of nitrogens with zero attached hydrogens (tertiary/aromatic N) is 2. The monoisotopic (exact) mass is 537 g/mol. The number of benzene rings is 2. The van der Waals surface area contributed by atoms with E-state index in [1.54, 1.807) is 23.3 Å². The Kier molecular flexibility index (Phi) is 10.1. The summed E-state index contributed by atoms with van der Waals surface area (Å²) in [5.74, 6) is 6.56. The van der Waals surface area contributed by atoms with Crippen molar-refractivity contribution in [2.24, 2.45) is 22.9 Å². The van der Waals surface area contributed by atoms with Gasteiger partial charge >= 0.3 is 0 Å². The van der Waals surface area contributed by atoms with Crippen LogP contribution in [-0.4, -0.2) is 40.9 Å². The summed E-state index contributed by atoms with van der Waals surface area (Å²) in [7, 11) is 0. The number of hydrogen-bond donors (Lipinski definition) is 3. The van der Waals surface area contributed by atoms with Crippen LogP contribution in [0.3, 0.4) is 0 Å². The molecule has 0 spiro atoms. The second kappa shape index (κ2) is 13.1. The fraction of sp³-hybridized carbons (Fsp3) is 0.484. The second-order valence-corrected chi connectivity index (χ2v) is 11.8. The molecular weight excluding hydrogens is 493 g/mol. The first kappa shape index (κ1) is 30.2. The van der Waals surface area contributed by atoms with Gasteiger partial charge in [-0.25, -0.2) is 10.2 Å². The number of nitrogens with two attached hydrogens (primary N) is 2. The summed E-state index contributed by atoms with van der Waals surface area (Å²) in [4.78, 5) is 25.3. The van der Waals surface area contributed by atoms with Crippen molar-refractivity contribution in [2.45, 2.75) is 78.4 Å². The predicted octanol–water partition coefficient (Wildman–Crippen LogP) is 5.10. The van der Waals surface area contributed by atoms with Gasteiger partial charge < -0.3 is 21.0 Å². The summed E-state index contributed by atoms with van der Waals surface area (Å²) in [6.45, 7) is 11.0. The predicted molar refractivity (Wildman–Crippen MR) is 154 cm³/mol. The fourth-order valence-corrected chi connectivity index (χ4v) is 4.98. The Morgan fingerprint density at radius 1 is 1.13 bits per heavy atom. The lowest BCUT2D eigenvalue weighted by atomic mass is 9.85. The van der Waals surface area contributed by atoms with Crippen LogP contribution < -0.4 is 16.9 Å². The highest BCUT2D eigenvalue weighted by atomic mass is 19.1. The summed E-state index contributed by atoms with van der Waals surface area (Å²) in [6, 6.07) is 14.1. The molecule has 2 amide bonds. The number of halogens is 1. The van der Waals surface area contributed by atoms with Crippen LogP contribution in [0.5, 0.6) is 0 Å². The smallest absolute Gasteiger partial charge is 0.247 e. The zero-order valence-corrected chi connectivity index (χ0v) is 23.9. The molecule has 8 heteroatoms. The maximum Gasteiger partial charge on any atom is 0.247 e. The van der Waals surface area contributed by atoms with E-state index in [0.717, 1.165) is 49.1 Å². The third-order valence-electron chi connectivity index (χ3n) is 7.45. The van der Waals surface area contributed by atoms with E-state index in [2.05, 4.69) is 33.0 Å². The second-order valence-electron chi connectivity index (χ2n) is 11.8. The third kappa shape index (κ3) is 8.05. The van der Waals surface area contributed by atoms with E-state index in [1.807, 2.05) is 42.2 Å². The fourth-order valence-electron chi connectivity index (χ4n) is 4.98. The molecule has 5 N–H and O–H groups in total. The SMILES string of the molecule is CC(NC=O)c1ccc(-c2ccccc2F)cc1.CC1CCCN1C(=O)C(N(N)/C=C(\N)C1CC1)C(C)(C)C. The van der Waals surface area contributed by atoms with Crippen molar-refractivity contribution in [2.75, 3.05) is 6.54 Å². The highest BCUT2D eigenvalue weighted by Gasteiger charge is 2.40. The molecule has 39 heavy (non-hydrogen) atoms. The van der Waals surface area contributed by atoms with Crippen LogP contribution >= 0.6 is 0 Å². The first-order valence-corrected chi connectivity index (χ1v) is 13.8. The van der Waals surface area contributed by atoms with Crippen LogP contribution in [0.15, 0.2) is 60.4 Å². The van der Waals surface area contributed by atoms with E-state index < -0.39 is 0 Å². The average molecular weight is 538 g/mol. The minimum Gasteiger partial charge on any atom is -0.401 e. The molecule has 1 aliphatic carbocycles. The molecule has 1 aliphatic heterocycles. The standard InChI is InChI=1S/C16H30N4O.C15H14FNO/c1-11-6-5-9-19(11)15(21)14(16(2,3)4)20(18)10-13(17)12-7-8-12;1-11(17-10-18)12-6-8-13(9-7-12)14-4-2-3-5-15(14)16/h10-12,14H,5-9,17-18H2,1-4H3;2-11H,1H3,(H,17,18)/b13-10-;. The van der Waals surface area contributed by atoms with Gasteiger partial charge in [0.15, 0.2) is 0 Å². The number of carbonyl (C=O) groups excluding carboxylic acids is 2. The topological polar surface area (TPSA) is 105 Å². The molecule has 4 rings (SSSR count). The van der Waals surface area contributed by atoms with E-state index in [1.165, 1.54) is 6.07 Å². The van der Waals surface area contributed by atoms with Gasteiger partial charge in [-0.2, -0.15) is 0 Å². The summed E-state index contributed by atoms with van der Waals surface area (Å²) in [5, 5.41) is 4.22. The van der Waals surface area contributed by atoms with Gasteiger partial charge in [-0.3, -0.25) is 9.59 Å². The van der Waals surface area contributed by atoms with Crippen molar-refractivity contribution in [1.82, 2.24) is 15.2 Å². The Hall–Kier alpha value is -3.39. The Labute approximate surface area is 232 Å². The quantitative estimate of drug-likeness (QED) is 0.247. The van der Waals surface area contributed by atoms with Crippen LogP contribution in [0.25, 0.3) is 11.1 Å². The minimum atomic E-state index is -0.379. The third-order valence-corrected chi connectivity index (χ3v) is 7.45.